The highest BCUT2D eigenvalue weighted by atomic mass is 16.2. The van der Waals surface area contributed by atoms with Gasteiger partial charge in [0, 0.05) is 6.54 Å². The third-order valence-corrected chi connectivity index (χ3v) is 5.39. The second kappa shape index (κ2) is 6.15. The molecule has 0 aromatic heterocycles. The van der Waals surface area contributed by atoms with Gasteiger partial charge in [0.05, 0.1) is 11.3 Å². The Balaban J connectivity index is 2.20. The van der Waals surface area contributed by atoms with Gasteiger partial charge in [-0.05, 0) is 44.4 Å². The Morgan fingerprint density at radius 3 is 2.35 bits per heavy atom. The van der Waals surface area contributed by atoms with Crippen LogP contribution in [-0.4, -0.2) is 18.4 Å². The summed E-state index contributed by atoms with van der Waals surface area (Å²) in [5.74, 6) is 0.838. The molecule has 0 saturated heterocycles. The van der Waals surface area contributed by atoms with Crippen molar-refractivity contribution in [1.82, 2.24) is 5.32 Å². The van der Waals surface area contributed by atoms with Crippen molar-refractivity contribution in [2.24, 2.45) is 28.9 Å². The molecule has 20 heavy (non-hydrogen) atoms. The smallest absolute Gasteiger partial charge is 0.224 e. The van der Waals surface area contributed by atoms with E-state index in [1.54, 1.807) is 0 Å². The van der Waals surface area contributed by atoms with Crippen molar-refractivity contribution in [3.05, 3.63) is 0 Å². The highest BCUT2D eigenvalue weighted by Crippen LogP contribution is 2.50. The van der Waals surface area contributed by atoms with Crippen LogP contribution in [0.4, 0.5) is 0 Å². The van der Waals surface area contributed by atoms with E-state index in [2.05, 4.69) is 12.2 Å². The van der Waals surface area contributed by atoms with Gasteiger partial charge in [0.1, 0.15) is 0 Å². The van der Waals surface area contributed by atoms with Crippen molar-refractivity contribution in [2.45, 2.75) is 58.8 Å². The molecule has 2 aliphatic rings. The van der Waals surface area contributed by atoms with Crippen molar-refractivity contribution in [3.63, 3.8) is 0 Å². The van der Waals surface area contributed by atoms with E-state index in [4.69, 9.17) is 5.73 Å². The van der Waals surface area contributed by atoms with Gasteiger partial charge in [-0.3, -0.25) is 9.59 Å². The summed E-state index contributed by atoms with van der Waals surface area (Å²) in [4.78, 5) is 24.7. The third kappa shape index (κ3) is 2.99. The molecule has 4 nitrogen and oxygen atoms in total. The van der Waals surface area contributed by atoms with Crippen LogP contribution in [-0.2, 0) is 9.59 Å². The summed E-state index contributed by atoms with van der Waals surface area (Å²) in [6.45, 7) is 4.76. The Hall–Kier alpha value is -1.06. The van der Waals surface area contributed by atoms with Crippen LogP contribution in [0.5, 0.6) is 0 Å². The van der Waals surface area contributed by atoms with Crippen LogP contribution in [0.15, 0.2) is 0 Å². The highest BCUT2D eigenvalue weighted by Gasteiger charge is 2.50. The standard InChI is InChI=1S/C16H28N2O2/c1-3-18-14(19)13(10-12-9-11(12)2)16(15(17)20)7-5-4-6-8-16/h11-13H,3-10H2,1-2H3,(H2,17,20)(H,18,19). The first kappa shape index (κ1) is 15.3. The molecule has 2 amide bonds. The normalized spacial score (nSPS) is 29.5. The summed E-state index contributed by atoms with van der Waals surface area (Å²) >= 11 is 0. The molecule has 0 aromatic carbocycles. The van der Waals surface area contributed by atoms with E-state index in [1.807, 2.05) is 6.92 Å². The average Bonchev–Trinajstić information content (AvgIpc) is 3.12. The lowest BCUT2D eigenvalue weighted by molar-refractivity contribution is -0.143. The van der Waals surface area contributed by atoms with Crippen LogP contribution < -0.4 is 11.1 Å². The van der Waals surface area contributed by atoms with Gasteiger partial charge in [0.15, 0.2) is 0 Å². The second-order valence-electron chi connectivity index (χ2n) is 6.74. The van der Waals surface area contributed by atoms with E-state index in [0.29, 0.717) is 18.4 Å². The van der Waals surface area contributed by atoms with Crippen molar-refractivity contribution >= 4 is 11.8 Å². The van der Waals surface area contributed by atoms with Gasteiger partial charge < -0.3 is 11.1 Å². The minimum atomic E-state index is -0.597. The minimum absolute atomic E-state index is 0.0345. The first-order chi connectivity index (χ1) is 9.51. The van der Waals surface area contributed by atoms with Gasteiger partial charge in [-0.25, -0.2) is 0 Å². The summed E-state index contributed by atoms with van der Waals surface area (Å²) in [6, 6.07) is 0. The minimum Gasteiger partial charge on any atom is -0.369 e. The first-order valence-electron chi connectivity index (χ1n) is 8.09. The monoisotopic (exact) mass is 280 g/mol. The molecule has 0 aliphatic heterocycles. The van der Waals surface area contributed by atoms with Crippen LogP contribution in [0.25, 0.3) is 0 Å². The van der Waals surface area contributed by atoms with Crippen molar-refractivity contribution in [2.75, 3.05) is 6.54 Å². The Morgan fingerprint density at radius 1 is 1.30 bits per heavy atom. The fourth-order valence-corrected chi connectivity index (χ4v) is 3.86. The van der Waals surface area contributed by atoms with E-state index >= 15 is 0 Å². The molecule has 0 spiro atoms. The number of carbonyl (C=O) groups is 2. The quantitative estimate of drug-likeness (QED) is 0.783. The van der Waals surface area contributed by atoms with E-state index in [0.717, 1.165) is 38.5 Å². The number of hydrogen-bond acceptors (Lipinski definition) is 2. The maximum atomic E-state index is 12.5. The molecule has 3 N–H and O–H groups in total. The Morgan fingerprint density at radius 2 is 1.90 bits per heavy atom. The first-order valence-corrected chi connectivity index (χ1v) is 8.09. The third-order valence-electron chi connectivity index (χ3n) is 5.39. The lowest BCUT2D eigenvalue weighted by Gasteiger charge is -2.40. The molecule has 4 heteroatoms. The van der Waals surface area contributed by atoms with Crippen molar-refractivity contribution in [3.8, 4) is 0 Å². The van der Waals surface area contributed by atoms with Gasteiger partial charge in [-0.1, -0.05) is 26.2 Å². The molecule has 3 unspecified atom stereocenters. The van der Waals surface area contributed by atoms with Gasteiger partial charge in [-0.2, -0.15) is 0 Å². The van der Waals surface area contributed by atoms with Crippen LogP contribution in [0.3, 0.4) is 0 Å². The van der Waals surface area contributed by atoms with Crippen LogP contribution in [0, 0.1) is 23.2 Å². The summed E-state index contributed by atoms with van der Waals surface area (Å²) in [5.41, 5.74) is 5.15. The summed E-state index contributed by atoms with van der Waals surface area (Å²) in [6.07, 6.45) is 6.76. The zero-order valence-corrected chi connectivity index (χ0v) is 12.8. The zero-order valence-electron chi connectivity index (χ0n) is 12.8. The van der Waals surface area contributed by atoms with E-state index < -0.39 is 5.41 Å². The molecule has 0 radical (unpaired) electrons. The molecular formula is C16H28N2O2. The number of carbonyl (C=O) groups excluding carboxylic acids is 2. The lowest BCUT2D eigenvalue weighted by Crippen LogP contribution is -2.50. The number of nitrogens with two attached hydrogens (primary N) is 1. The lowest BCUT2D eigenvalue weighted by atomic mass is 9.63. The topological polar surface area (TPSA) is 72.2 Å². The number of hydrogen-bond donors (Lipinski definition) is 2. The Labute approximate surface area is 121 Å². The molecule has 2 fully saturated rings. The Kier molecular flexibility index (Phi) is 4.71. The molecule has 0 bridgehead atoms. The maximum Gasteiger partial charge on any atom is 0.224 e. The maximum absolute atomic E-state index is 12.5. The van der Waals surface area contributed by atoms with Crippen LogP contribution in [0.2, 0.25) is 0 Å². The second-order valence-corrected chi connectivity index (χ2v) is 6.74. The number of amides is 2. The van der Waals surface area contributed by atoms with Crippen LogP contribution >= 0.6 is 0 Å². The highest BCUT2D eigenvalue weighted by molar-refractivity contribution is 5.90. The van der Waals surface area contributed by atoms with Crippen molar-refractivity contribution in [1.29, 1.82) is 0 Å². The number of rotatable bonds is 6. The zero-order chi connectivity index (χ0) is 14.8. The largest absolute Gasteiger partial charge is 0.369 e. The molecule has 114 valence electrons. The predicted octanol–water partition coefficient (Wildman–Crippen LogP) is 2.22. The van der Waals surface area contributed by atoms with Gasteiger partial charge >= 0.3 is 0 Å². The average molecular weight is 280 g/mol. The molecular weight excluding hydrogens is 252 g/mol. The summed E-state index contributed by atoms with van der Waals surface area (Å²) < 4.78 is 0. The van der Waals surface area contributed by atoms with E-state index in [-0.39, 0.29) is 17.7 Å². The van der Waals surface area contributed by atoms with Gasteiger partial charge in [0.25, 0.3) is 0 Å². The fourth-order valence-electron chi connectivity index (χ4n) is 3.86. The summed E-state index contributed by atoms with van der Waals surface area (Å²) in [7, 11) is 0. The molecule has 2 rings (SSSR count). The van der Waals surface area contributed by atoms with Gasteiger partial charge in [-0.15, -0.1) is 0 Å². The Bertz CT molecular complexity index is 375. The SMILES string of the molecule is CCNC(=O)C(CC1CC1C)C1(C(N)=O)CCCCC1. The molecule has 3 atom stereocenters. The van der Waals surface area contributed by atoms with E-state index in [9.17, 15) is 9.59 Å². The fraction of sp³-hybridized carbons (Fsp3) is 0.875. The van der Waals surface area contributed by atoms with Crippen molar-refractivity contribution < 1.29 is 9.59 Å². The van der Waals surface area contributed by atoms with Gasteiger partial charge in [0.2, 0.25) is 11.8 Å². The molecule has 2 aliphatic carbocycles. The molecule has 2 saturated carbocycles. The summed E-state index contributed by atoms with van der Waals surface area (Å²) in [5, 5.41) is 2.92. The number of nitrogens with one attached hydrogen (secondary N) is 1. The molecule has 0 heterocycles. The van der Waals surface area contributed by atoms with Crippen LogP contribution in [0.1, 0.15) is 58.8 Å². The number of primary amides is 1. The van der Waals surface area contributed by atoms with E-state index in [1.165, 1.54) is 6.42 Å². The predicted molar refractivity (Wildman–Crippen MR) is 78.8 cm³/mol. The molecule has 0 aromatic rings.